The Morgan fingerprint density at radius 2 is 2.21 bits per heavy atom. The lowest BCUT2D eigenvalue weighted by Gasteiger charge is -2.08. The van der Waals surface area contributed by atoms with Crippen molar-refractivity contribution in [3.63, 3.8) is 0 Å². The fourth-order valence-corrected chi connectivity index (χ4v) is 2.78. The molecule has 0 bridgehead atoms. The highest BCUT2D eigenvalue weighted by atomic mass is 16.3. The van der Waals surface area contributed by atoms with Crippen molar-refractivity contribution in [1.82, 2.24) is 4.57 Å². The summed E-state index contributed by atoms with van der Waals surface area (Å²) in [5.41, 5.74) is 4.98. The number of nitroso groups, excluding NO2 is 1. The molecule has 1 unspecified atom stereocenters. The number of nitriles is 1. The quantitative estimate of drug-likeness (QED) is 0.769. The van der Waals surface area contributed by atoms with Crippen LogP contribution in [0.25, 0.3) is 11.3 Å². The predicted octanol–water partition coefficient (Wildman–Crippen LogP) is 3.32. The van der Waals surface area contributed by atoms with Crippen LogP contribution in [-0.4, -0.2) is 4.57 Å². The van der Waals surface area contributed by atoms with Crippen LogP contribution >= 0.6 is 0 Å². The molecule has 0 saturated carbocycles. The first kappa shape index (κ1) is 11.7. The highest BCUT2D eigenvalue weighted by molar-refractivity contribution is 5.64. The van der Waals surface area contributed by atoms with E-state index in [2.05, 4.69) is 17.3 Å². The zero-order valence-electron chi connectivity index (χ0n) is 10.6. The van der Waals surface area contributed by atoms with Gasteiger partial charge in [-0.2, -0.15) is 10.2 Å². The van der Waals surface area contributed by atoms with Crippen molar-refractivity contribution < 1.29 is 0 Å². The van der Waals surface area contributed by atoms with Crippen molar-refractivity contribution in [3.05, 3.63) is 52.1 Å². The summed E-state index contributed by atoms with van der Waals surface area (Å²) in [6.45, 7) is 0. The van der Waals surface area contributed by atoms with Gasteiger partial charge in [0.25, 0.3) is 0 Å². The molecule has 0 amide bonds. The molecule has 0 fully saturated rings. The Bertz CT molecular complexity index is 694. The van der Waals surface area contributed by atoms with Crippen LogP contribution in [0.15, 0.2) is 35.5 Å². The lowest BCUT2D eigenvalue weighted by atomic mass is 10.0. The molecule has 1 heterocycles. The van der Waals surface area contributed by atoms with Crippen molar-refractivity contribution in [1.29, 1.82) is 5.26 Å². The van der Waals surface area contributed by atoms with E-state index in [9.17, 15) is 4.91 Å². The van der Waals surface area contributed by atoms with Gasteiger partial charge in [0.2, 0.25) is 0 Å². The van der Waals surface area contributed by atoms with Crippen molar-refractivity contribution in [2.75, 3.05) is 0 Å². The molecule has 0 N–H and O–H groups in total. The fourth-order valence-electron chi connectivity index (χ4n) is 2.78. The minimum Gasteiger partial charge on any atom is -0.335 e. The van der Waals surface area contributed by atoms with E-state index in [0.29, 0.717) is 5.69 Å². The topological polar surface area (TPSA) is 58.1 Å². The van der Waals surface area contributed by atoms with Crippen molar-refractivity contribution in [2.45, 2.75) is 18.9 Å². The van der Waals surface area contributed by atoms with Gasteiger partial charge in [0.1, 0.15) is 17.8 Å². The summed E-state index contributed by atoms with van der Waals surface area (Å²) < 4.78 is 1.88. The van der Waals surface area contributed by atoms with Gasteiger partial charge < -0.3 is 4.57 Å². The van der Waals surface area contributed by atoms with E-state index in [4.69, 9.17) is 5.26 Å². The van der Waals surface area contributed by atoms with Crippen LogP contribution in [0, 0.1) is 16.2 Å². The number of aryl methyl sites for hydroxylation is 1. The van der Waals surface area contributed by atoms with Crippen LogP contribution in [-0.2, 0) is 13.5 Å². The minimum absolute atomic E-state index is 0.188. The first-order valence-electron chi connectivity index (χ1n) is 6.26. The maximum atomic E-state index is 10.7. The van der Waals surface area contributed by atoms with E-state index in [0.717, 1.165) is 29.7 Å². The molecule has 94 valence electrons. The molecule has 1 aromatic carbocycles. The van der Waals surface area contributed by atoms with Gasteiger partial charge in [0.15, 0.2) is 0 Å². The van der Waals surface area contributed by atoms with Gasteiger partial charge in [-0.05, 0) is 47.7 Å². The second kappa shape index (κ2) is 4.36. The van der Waals surface area contributed by atoms with E-state index in [1.807, 2.05) is 35.9 Å². The Morgan fingerprint density at radius 1 is 1.37 bits per heavy atom. The second-order valence-corrected chi connectivity index (χ2v) is 4.85. The Labute approximate surface area is 111 Å². The molecule has 4 nitrogen and oxygen atoms in total. The van der Waals surface area contributed by atoms with Gasteiger partial charge in [0.05, 0.1) is 0 Å². The lowest BCUT2D eigenvalue weighted by molar-refractivity contribution is 0.710. The van der Waals surface area contributed by atoms with E-state index < -0.39 is 0 Å². The smallest absolute Gasteiger partial charge is 0.120 e. The average Bonchev–Trinajstić information content (AvgIpc) is 3.00. The normalized spacial score (nSPS) is 16.9. The van der Waals surface area contributed by atoms with Crippen molar-refractivity contribution >= 4 is 0 Å². The first-order valence-corrected chi connectivity index (χ1v) is 6.26. The summed E-state index contributed by atoms with van der Waals surface area (Å²) in [6.07, 6.45) is 1.70. The van der Waals surface area contributed by atoms with Crippen LogP contribution in [0.4, 0.5) is 0 Å². The van der Waals surface area contributed by atoms with Crippen molar-refractivity contribution in [3.8, 4) is 17.3 Å². The third-order valence-electron chi connectivity index (χ3n) is 3.85. The monoisotopic (exact) mass is 251 g/mol. The number of benzene rings is 1. The van der Waals surface area contributed by atoms with E-state index in [-0.39, 0.29) is 6.04 Å². The fraction of sp³-hybridized carbons (Fsp3) is 0.267. The molecule has 1 aliphatic carbocycles. The molecule has 0 aliphatic heterocycles. The van der Waals surface area contributed by atoms with Crippen LogP contribution in [0.5, 0.6) is 0 Å². The lowest BCUT2D eigenvalue weighted by Crippen LogP contribution is -1.95. The maximum Gasteiger partial charge on any atom is 0.120 e. The summed E-state index contributed by atoms with van der Waals surface area (Å²) >= 11 is 0. The Kier molecular flexibility index (Phi) is 2.68. The van der Waals surface area contributed by atoms with Gasteiger partial charge in [-0.25, -0.2) is 0 Å². The molecule has 0 spiro atoms. The Balaban J connectivity index is 2.06. The van der Waals surface area contributed by atoms with Crippen LogP contribution in [0.1, 0.15) is 29.3 Å². The molecule has 0 saturated heterocycles. The van der Waals surface area contributed by atoms with E-state index in [1.165, 1.54) is 5.56 Å². The third-order valence-corrected chi connectivity index (χ3v) is 3.85. The third kappa shape index (κ3) is 1.75. The van der Waals surface area contributed by atoms with Gasteiger partial charge >= 0.3 is 0 Å². The molecule has 4 heteroatoms. The molecule has 1 atom stereocenters. The molecular weight excluding hydrogens is 238 g/mol. The van der Waals surface area contributed by atoms with Gasteiger partial charge in [-0.15, -0.1) is 0 Å². The highest BCUT2D eigenvalue weighted by Crippen LogP contribution is 2.36. The SMILES string of the molecule is Cn1c(C#N)ccc1-c1ccc2c(c1)CCC2N=O. The molecular formula is C15H13N3O. The number of fused-ring (bicyclic) bond motifs is 1. The molecule has 19 heavy (non-hydrogen) atoms. The van der Waals surface area contributed by atoms with Crippen LogP contribution in [0.2, 0.25) is 0 Å². The number of hydrogen-bond donors (Lipinski definition) is 0. The second-order valence-electron chi connectivity index (χ2n) is 4.85. The molecule has 1 aliphatic rings. The zero-order valence-corrected chi connectivity index (χ0v) is 10.6. The zero-order chi connectivity index (χ0) is 13.4. The molecule has 3 rings (SSSR count). The standard InChI is InChI=1S/C15H13N3O/c1-18-12(9-16)4-7-15(18)11-2-5-13-10(8-11)3-6-14(13)17-19/h2,4-5,7-8,14H,3,6H2,1H3. The van der Waals surface area contributed by atoms with E-state index in [1.54, 1.807) is 0 Å². The minimum atomic E-state index is -0.188. The molecule has 2 aromatic rings. The Hall–Kier alpha value is -2.41. The predicted molar refractivity (Wildman–Crippen MR) is 72.4 cm³/mol. The summed E-state index contributed by atoms with van der Waals surface area (Å²) in [6, 6.07) is 11.8. The van der Waals surface area contributed by atoms with Crippen molar-refractivity contribution in [2.24, 2.45) is 12.2 Å². The molecule has 0 radical (unpaired) electrons. The largest absolute Gasteiger partial charge is 0.335 e. The number of nitrogens with zero attached hydrogens (tertiary/aromatic N) is 3. The maximum absolute atomic E-state index is 10.7. The summed E-state index contributed by atoms with van der Waals surface area (Å²) in [4.78, 5) is 10.7. The summed E-state index contributed by atoms with van der Waals surface area (Å²) in [5, 5.41) is 12.2. The van der Waals surface area contributed by atoms with Crippen LogP contribution < -0.4 is 0 Å². The first-order chi connectivity index (χ1) is 9.24. The number of rotatable bonds is 2. The van der Waals surface area contributed by atoms with Crippen LogP contribution in [0.3, 0.4) is 0 Å². The Morgan fingerprint density at radius 3 is 2.89 bits per heavy atom. The van der Waals surface area contributed by atoms with Gasteiger partial charge in [-0.3, -0.25) is 0 Å². The van der Waals surface area contributed by atoms with Gasteiger partial charge in [-0.1, -0.05) is 17.3 Å². The molecule has 1 aromatic heterocycles. The summed E-state index contributed by atoms with van der Waals surface area (Å²) in [7, 11) is 1.89. The van der Waals surface area contributed by atoms with Gasteiger partial charge in [0, 0.05) is 12.7 Å². The highest BCUT2D eigenvalue weighted by Gasteiger charge is 2.23. The average molecular weight is 251 g/mol. The number of hydrogen-bond acceptors (Lipinski definition) is 3. The summed E-state index contributed by atoms with van der Waals surface area (Å²) in [5.74, 6) is 0. The number of aromatic nitrogens is 1. The van der Waals surface area contributed by atoms with E-state index >= 15 is 0 Å².